The second kappa shape index (κ2) is 8.10. The normalized spacial score (nSPS) is 24.5. The summed E-state index contributed by atoms with van der Waals surface area (Å²) in [6.07, 6.45) is 0.842. The van der Waals surface area contributed by atoms with Crippen LogP contribution in [-0.4, -0.2) is 59.3 Å². The zero-order valence-electron chi connectivity index (χ0n) is 9.55. The molecule has 6 nitrogen and oxygen atoms in total. The van der Waals surface area contributed by atoms with Gasteiger partial charge in [-0.3, -0.25) is 13.6 Å². The first-order chi connectivity index (χ1) is 7.74. The first kappa shape index (κ1) is 14.0. The van der Waals surface area contributed by atoms with Crippen LogP contribution in [0.2, 0.25) is 0 Å². The third kappa shape index (κ3) is 5.33. The van der Waals surface area contributed by atoms with Gasteiger partial charge >= 0.3 is 11.4 Å². The van der Waals surface area contributed by atoms with Crippen LogP contribution in [0.3, 0.4) is 0 Å². The van der Waals surface area contributed by atoms with Gasteiger partial charge in [-0.15, -0.1) is 0 Å². The van der Waals surface area contributed by atoms with Crippen LogP contribution in [0.4, 0.5) is 0 Å². The van der Waals surface area contributed by atoms with E-state index in [0.717, 1.165) is 32.6 Å². The lowest BCUT2D eigenvalue weighted by atomic mass is 10.3. The maximum Gasteiger partial charge on any atom is 0.301 e. The minimum absolute atomic E-state index is 0.110. The molecule has 96 valence electrons. The Hall–Kier alpha value is -0.0500. The Morgan fingerprint density at radius 3 is 3.12 bits per heavy atom. The van der Waals surface area contributed by atoms with Crippen molar-refractivity contribution in [3.05, 3.63) is 0 Å². The Morgan fingerprint density at radius 2 is 2.44 bits per heavy atom. The molecule has 1 rings (SSSR count). The van der Waals surface area contributed by atoms with Crippen LogP contribution in [0, 0.1) is 0 Å². The van der Waals surface area contributed by atoms with E-state index in [4.69, 9.17) is 9.29 Å². The van der Waals surface area contributed by atoms with Crippen LogP contribution < -0.4 is 5.32 Å². The van der Waals surface area contributed by atoms with Crippen molar-refractivity contribution in [2.24, 2.45) is 0 Å². The molecule has 0 aromatic carbocycles. The topological polar surface area (TPSA) is 71.0 Å². The van der Waals surface area contributed by atoms with Gasteiger partial charge in [-0.05, 0) is 13.3 Å². The average molecular weight is 252 g/mol. The molecule has 0 saturated carbocycles. The summed E-state index contributed by atoms with van der Waals surface area (Å²) in [7, 11) is 0. The quantitative estimate of drug-likeness (QED) is 0.483. The summed E-state index contributed by atoms with van der Waals surface area (Å²) in [5.74, 6) is 0. The molecule has 0 spiro atoms. The molecule has 16 heavy (non-hydrogen) atoms. The molecule has 0 aromatic rings. The number of hydrogen-bond acceptors (Lipinski definition) is 5. The third-order valence-corrected chi connectivity index (χ3v) is 2.80. The molecule has 0 aromatic heterocycles. The highest BCUT2D eigenvalue weighted by Gasteiger charge is 2.21. The molecule has 1 fully saturated rings. The molecule has 0 aliphatic carbocycles. The van der Waals surface area contributed by atoms with E-state index < -0.39 is 11.4 Å². The predicted octanol–water partition coefficient (Wildman–Crippen LogP) is -0.202. The second-order valence-corrected chi connectivity index (χ2v) is 4.21. The Morgan fingerprint density at radius 1 is 1.62 bits per heavy atom. The van der Waals surface area contributed by atoms with Gasteiger partial charge in [-0.25, -0.2) is 0 Å². The summed E-state index contributed by atoms with van der Waals surface area (Å²) in [6, 6.07) is 0. The van der Waals surface area contributed by atoms with E-state index in [2.05, 4.69) is 14.4 Å². The van der Waals surface area contributed by atoms with Crippen LogP contribution in [0.1, 0.15) is 13.3 Å². The summed E-state index contributed by atoms with van der Waals surface area (Å²) in [5.41, 5.74) is 0. The lowest BCUT2D eigenvalue weighted by Crippen LogP contribution is -2.52. The van der Waals surface area contributed by atoms with Crippen LogP contribution in [0.5, 0.6) is 0 Å². The minimum atomic E-state index is -2.15. The van der Waals surface area contributed by atoms with Gasteiger partial charge in [0.15, 0.2) is 0 Å². The monoisotopic (exact) mass is 252 g/mol. The average Bonchev–Trinajstić information content (AvgIpc) is 2.26. The van der Waals surface area contributed by atoms with Gasteiger partial charge in [0.2, 0.25) is 0 Å². The number of hydrogen-bond donors (Lipinski definition) is 2. The largest absolute Gasteiger partial charge is 0.362 e. The highest BCUT2D eigenvalue weighted by atomic mass is 32.2. The maximum absolute atomic E-state index is 10.3. The number of ether oxygens (including phenoxy) is 1. The molecule has 2 unspecified atom stereocenters. The van der Waals surface area contributed by atoms with E-state index in [9.17, 15) is 4.21 Å². The van der Waals surface area contributed by atoms with Crippen molar-refractivity contribution in [1.29, 1.82) is 0 Å². The van der Waals surface area contributed by atoms with Gasteiger partial charge in [0.05, 0.1) is 6.61 Å². The van der Waals surface area contributed by atoms with Crippen molar-refractivity contribution in [3.63, 3.8) is 0 Å². The molecule has 2 N–H and O–H groups in total. The summed E-state index contributed by atoms with van der Waals surface area (Å²) in [6.45, 7) is 6.52. The van der Waals surface area contributed by atoms with Crippen LogP contribution in [-0.2, 0) is 20.3 Å². The van der Waals surface area contributed by atoms with Crippen molar-refractivity contribution in [2.45, 2.75) is 19.6 Å². The van der Waals surface area contributed by atoms with E-state index in [1.165, 1.54) is 0 Å². The summed E-state index contributed by atoms with van der Waals surface area (Å²) >= 11 is -2.15. The molecule has 0 amide bonds. The van der Waals surface area contributed by atoms with Crippen molar-refractivity contribution in [3.8, 4) is 0 Å². The standard InChI is InChI=1S/C9H20N2O4S/c1-2-14-9-8-10-4-6-11(9)5-3-7-15-16(12)13/h9-10H,2-8H2,1H3,(H,12,13). The molecule has 0 radical (unpaired) electrons. The zero-order chi connectivity index (χ0) is 11.8. The second-order valence-electron chi connectivity index (χ2n) is 3.54. The molecule has 1 heterocycles. The van der Waals surface area contributed by atoms with Gasteiger partial charge < -0.3 is 10.1 Å². The number of rotatable bonds is 7. The van der Waals surface area contributed by atoms with Crippen LogP contribution >= 0.6 is 0 Å². The highest BCUT2D eigenvalue weighted by Crippen LogP contribution is 2.05. The maximum atomic E-state index is 10.3. The van der Waals surface area contributed by atoms with Crippen LogP contribution in [0.15, 0.2) is 0 Å². The van der Waals surface area contributed by atoms with Crippen LogP contribution in [0.25, 0.3) is 0 Å². The van der Waals surface area contributed by atoms with Crippen molar-refractivity contribution >= 4 is 11.4 Å². The highest BCUT2D eigenvalue weighted by molar-refractivity contribution is 7.74. The molecule has 7 heteroatoms. The number of nitrogens with one attached hydrogen (secondary N) is 1. The number of nitrogens with zero attached hydrogens (tertiary/aromatic N) is 1. The molecule has 1 aliphatic heterocycles. The SMILES string of the molecule is CCOC1CNCCN1CCCOS(=O)O. The lowest BCUT2D eigenvalue weighted by molar-refractivity contribution is -0.0669. The predicted molar refractivity (Wildman–Crippen MR) is 61.2 cm³/mol. The first-order valence-corrected chi connectivity index (χ1v) is 6.57. The molecule has 1 aliphatic rings. The Balaban J connectivity index is 2.18. The lowest BCUT2D eigenvalue weighted by Gasteiger charge is -2.35. The molecule has 0 bridgehead atoms. The van der Waals surface area contributed by atoms with Gasteiger partial charge in [0.25, 0.3) is 0 Å². The molecule has 1 saturated heterocycles. The molecular formula is C9H20N2O4S. The summed E-state index contributed by atoms with van der Waals surface area (Å²) in [4.78, 5) is 2.23. The first-order valence-electron chi connectivity index (χ1n) is 5.54. The van der Waals surface area contributed by atoms with E-state index in [1.54, 1.807) is 0 Å². The smallest absolute Gasteiger partial charge is 0.301 e. The molecular weight excluding hydrogens is 232 g/mol. The van der Waals surface area contributed by atoms with E-state index >= 15 is 0 Å². The van der Waals surface area contributed by atoms with Crippen molar-refractivity contribution < 1.29 is 17.7 Å². The Kier molecular flexibility index (Phi) is 7.10. The van der Waals surface area contributed by atoms with Gasteiger partial charge in [0, 0.05) is 32.8 Å². The number of piperazine rings is 1. The van der Waals surface area contributed by atoms with E-state index in [-0.39, 0.29) is 6.23 Å². The van der Waals surface area contributed by atoms with E-state index in [0.29, 0.717) is 13.2 Å². The Labute approximate surface area is 98.8 Å². The fourth-order valence-electron chi connectivity index (χ4n) is 1.73. The van der Waals surface area contributed by atoms with Crippen molar-refractivity contribution in [1.82, 2.24) is 10.2 Å². The molecule has 2 atom stereocenters. The minimum Gasteiger partial charge on any atom is -0.362 e. The van der Waals surface area contributed by atoms with Gasteiger partial charge in [-0.2, -0.15) is 4.21 Å². The van der Waals surface area contributed by atoms with Crippen molar-refractivity contribution in [2.75, 3.05) is 39.4 Å². The van der Waals surface area contributed by atoms with Gasteiger partial charge in [-0.1, -0.05) is 0 Å². The fraction of sp³-hybridized carbons (Fsp3) is 1.00. The van der Waals surface area contributed by atoms with Gasteiger partial charge in [0.1, 0.15) is 6.23 Å². The summed E-state index contributed by atoms with van der Waals surface area (Å²) in [5, 5.41) is 3.27. The third-order valence-electron chi connectivity index (χ3n) is 2.43. The fourth-order valence-corrected chi connectivity index (χ4v) is 1.99. The zero-order valence-corrected chi connectivity index (χ0v) is 10.4. The Bertz CT molecular complexity index is 216. The summed E-state index contributed by atoms with van der Waals surface area (Å²) < 4.78 is 28.8. The van der Waals surface area contributed by atoms with E-state index in [1.807, 2.05) is 6.92 Å².